The summed E-state index contributed by atoms with van der Waals surface area (Å²) < 4.78 is 32.1. The van der Waals surface area contributed by atoms with Gasteiger partial charge in [-0.25, -0.2) is 13.2 Å². The summed E-state index contributed by atoms with van der Waals surface area (Å²) in [6.45, 7) is 8.38. The van der Waals surface area contributed by atoms with Crippen molar-refractivity contribution in [3.8, 4) is 0 Å². The molecule has 0 unspecified atom stereocenters. The number of likely N-dealkylation sites (tertiary alicyclic amines) is 1. The van der Waals surface area contributed by atoms with Crippen LogP contribution in [-0.4, -0.2) is 79.8 Å². The van der Waals surface area contributed by atoms with Gasteiger partial charge < -0.3 is 19.9 Å². The number of hydrogen-bond acceptors (Lipinski definition) is 7. The predicted octanol–water partition coefficient (Wildman–Crippen LogP) is 3.78. The number of rotatable bonds is 8. The van der Waals surface area contributed by atoms with E-state index in [0.29, 0.717) is 56.3 Å². The smallest absolute Gasteiger partial charge is 0.410 e. The first kappa shape index (κ1) is 28.1. The summed E-state index contributed by atoms with van der Waals surface area (Å²) in [7, 11) is -3.64. The highest BCUT2D eigenvalue weighted by Crippen LogP contribution is 2.39. The summed E-state index contributed by atoms with van der Waals surface area (Å²) in [6.07, 6.45) is 1.98. The van der Waals surface area contributed by atoms with E-state index in [0.717, 1.165) is 23.3 Å². The van der Waals surface area contributed by atoms with Crippen LogP contribution in [0.4, 0.5) is 9.80 Å². The van der Waals surface area contributed by atoms with Crippen LogP contribution in [0.3, 0.4) is 0 Å². The molecule has 2 aromatic rings. The van der Waals surface area contributed by atoms with Crippen LogP contribution in [0, 0.1) is 0 Å². The molecule has 3 amide bonds. The third-order valence-corrected chi connectivity index (χ3v) is 10.1. The Bertz CT molecular complexity index is 1300. The molecule has 1 fully saturated rings. The van der Waals surface area contributed by atoms with E-state index < -0.39 is 22.0 Å². The maximum atomic E-state index is 13.5. The number of thiophene rings is 1. The van der Waals surface area contributed by atoms with Crippen molar-refractivity contribution in [1.82, 2.24) is 14.1 Å². The number of anilines is 1. The summed E-state index contributed by atoms with van der Waals surface area (Å²) in [5.74, 6) is -0.548. The zero-order valence-corrected chi connectivity index (χ0v) is 23.6. The number of hydrogen-bond donors (Lipinski definition) is 1. The van der Waals surface area contributed by atoms with E-state index in [-0.39, 0.29) is 23.0 Å². The first-order valence-electron chi connectivity index (χ1n) is 13.0. The van der Waals surface area contributed by atoms with Gasteiger partial charge in [0.15, 0.2) is 0 Å². The molecule has 1 aromatic carbocycles. The maximum absolute atomic E-state index is 13.5. The maximum Gasteiger partial charge on any atom is 0.410 e. The third-order valence-electron chi connectivity index (χ3n) is 6.88. The summed E-state index contributed by atoms with van der Waals surface area (Å²) in [4.78, 5) is 43.4. The molecule has 0 radical (unpaired) electrons. The molecular formula is C26H34N4O6S2. The molecular weight excluding hydrogens is 528 g/mol. The molecule has 1 aromatic heterocycles. The minimum absolute atomic E-state index is 0.111. The molecule has 3 heterocycles. The Morgan fingerprint density at radius 2 is 1.66 bits per heavy atom. The lowest BCUT2D eigenvalue weighted by Crippen LogP contribution is -2.36. The summed E-state index contributed by atoms with van der Waals surface area (Å²) in [6, 6.07) is 5.80. The minimum Gasteiger partial charge on any atom is -0.450 e. The highest BCUT2D eigenvalue weighted by Gasteiger charge is 2.33. The molecule has 2 aliphatic heterocycles. The van der Waals surface area contributed by atoms with Gasteiger partial charge in [0, 0.05) is 43.2 Å². The molecule has 0 saturated carbocycles. The Morgan fingerprint density at radius 1 is 1.00 bits per heavy atom. The van der Waals surface area contributed by atoms with Crippen LogP contribution >= 0.6 is 11.3 Å². The van der Waals surface area contributed by atoms with E-state index in [1.165, 1.54) is 39.9 Å². The average Bonchev–Trinajstić information content (AvgIpc) is 3.57. The van der Waals surface area contributed by atoms with Crippen molar-refractivity contribution < 1.29 is 27.5 Å². The Hall–Kier alpha value is -2.96. The summed E-state index contributed by atoms with van der Waals surface area (Å²) in [5.41, 5.74) is 1.63. The number of sulfonamides is 1. The fourth-order valence-electron chi connectivity index (χ4n) is 4.83. The van der Waals surface area contributed by atoms with Crippen molar-refractivity contribution in [2.45, 2.75) is 51.5 Å². The van der Waals surface area contributed by atoms with Gasteiger partial charge in [-0.2, -0.15) is 4.31 Å². The van der Waals surface area contributed by atoms with E-state index in [4.69, 9.17) is 4.74 Å². The fourth-order valence-corrected chi connectivity index (χ4v) is 7.54. The van der Waals surface area contributed by atoms with Gasteiger partial charge in [0.2, 0.25) is 10.0 Å². The molecule has 2 aliphatic rings. The molecule has 0 spiro atoms. The second-order valence-corrected chi connectivity index (χ2v) is 12.2. The van der Waals surface area contributed by atoms with Crippen LogP contribution < -0.4 is 5.32 Å². The number of amides is 3. The van der Waals surface area contributed by atoms with Crippen molar-refractivity contribution in [1.29, 1.82) is 0 Å². The van der Waals surface area contributed by atoms with Crippen LogP contribution in [0.2, 0.25) is 0 Å². The Balaban J connectivity index is 1.61. The Labute approximate surface area is 227 Å². The SMILES string of the molecule is CCOC(=O)N1CCc2c(sc(NC(=O)c3ccc(S(=O)(=O)N(CC)CC)cc3)c2C(=O)N2CCCC2)C1. The van der Waals surface area contributed by atoms with Gasteiger partial charge in [0.05, 0.1) is 23.6 Å². The van der Waals surface area contributed by atoms with E-state index in [2.05, 4.69) is 5.32 Å². The van der Waals surface area contributed by atoms with Gasteiger partial charge in [0.25, 0.3) is 11.8 Å². The molecule has 0 atom stereocenters. The molecule has 0 aliphatic carbocycles. The van der Waals surface area contributed by atoms with Gasteiger partial charge in [0.1, 0.15) is 5.00 Å². The van der Waals surface area contributed by atoms with Crippen molar-refractivity contribution in [3.63, 3.8) is 0 Å². The molecule has 1 saturated heterocycles. The third kappa shape index (κ3) is 5.57. The fraction of sp³-hybridized carbons (Fsp3) is 0.500. The van der Waals surface area contributed by atoms with Gasteiger partial charge in [-0.3, -0.25) is 9.59 Å². The molecule has 10 nitrogen and oxygen atoms in total. The second-order valence-electron chi connectivity index (χ2n) is 9.15. The predicted molar refractivity (Wildman–Crippen MR) is 145 cm³/mol. The van der Waals surface area contributed by atoms with Gasteiger partial charge in [-0.05, 0) is 56.0 Å². The molecule has 12 heteroatoms. The normalized spacial score (nSPS) is 15.5. The van der Waals surface area contributed by atoms with E-state index in [1.807, 2.05) is 4.90 Å². The van der Waals surface area contributed by atoms with Crippen molar-refractivity contribution in [3.05, 3.63) is 45.8 Å². The van der Waals surface area contributed by atoms with Crippen molar-refractivity contribution in [2.24, 2.45) is 0 Å². The number of nitrogens with zero attached hydrogens (tertiary/aromatic N) is 3. The lowest BCUT2D eigenvalue weighted by atomic mass is 10.0. The zero-order chi connectivity index (χ0) is 27.4. The first-order valence-corrected chi connectivity index (χ1v) is 15.2. The lowest BCUT2D eigenvalue weighted by Gasteiger charge is -2.26. The molecule has 0 bridgehead atoms. The Kier molecular flexibility index (Phi) is 8.74. The van der Waals surface area contributed by atoms with E-state index in [9.17, 15) is 22.8 Å². The molecule has 38 heavy (non-hydrogen) atoms. The van der Waals surface area contributed by atoms with Gasteiger partial charge >= 0.3 is 6.09 Å². The summed E-state index contributed by atoms with van der Waals surface area (Å²) in [5, 5.41) is 3.35. The molecule has 1 N–H and O–H groups in total. The number of benzene rings is 1. The van der Waals surface area contributed by atoms with Crippen LogP contribution in [0.5, 0.6) is 0 Å². The quantitative estimate of drug-likeness (QED) is 0.524. The minimum atomic E-state index is -3.64. The Morgan fingerprint density at radius 3 is 2.26 bits per heavy atom. The van der Waals surface area contributed by atoms with Crippen molar-refractivity contribution >= 4 is 44.3 Å². The van der Waals surface area contributed by atoms with Gasteiger partial charge in [-0.1, -0.05) is 13.8 Å². The van der Waals surface area contributed by atoms with Crippen LogP contribution in [0.25, 0.3) is 0 Å². The van der Waals surface area contributed by atoms with E-state index in [1.54, 1.807) is 25.7 Å². The van der Waals surface area contributed by atoms with Crippen LogP contribution in [0.1, 0.15) is 64.8 Å². The number of ether oxygens (including phenoxy) is 1. The average molecular weight is 563 g/mol. The van der Waals surface area contributed by atoms with Crippen LogP contribution in [0.15, 0.2) is 29.2 Å². The zero-order valence-electron chi connectivity index (χ0n) is 22.0. The van der Waals surface area contributed by atoms with E-state index >= 15 is 0 Å². The van der Waals surface area contributed by atoms with Crippen molar-refractivity contribution in [2.75, 3.05) is 44.6 Å². The highest BCUT2D eigenvalue weighted by atomic mass is 32.2. The molecule has 4 rings (SSSR count). The lowest BCUT2D eigenvalue weighted by molar-refractivity contribution is 0.0792. The second kappa shape index (κ2) is 11.8. The topological polar surface area (TPSA) is 116 Å². The number of carbonyl (C=O) groups is 3. The number of carbonyl (C=O) groups excluding carboxylic acids is 3. The van der Waals surface area contributed by atoms with Gasteiger partial charge in [-0.15, -0.1) is 11.3 Å². The number of fused-ring (bicyclic) bond motifs is 1. The number of nitrogens with one attached hydrogen (secondary N) is 1. The largest absolute Gasteiger partial charge is 0.450 e. The first-order chi connectivity index (χ1) is 18.2. The standard InChI is InChI=1S/C26H34N4O6S2/c1-4-30(5-2)38(34,35)19-11-9-18(10-12-19)23(31)27-24-22(25(32)28-14-7-8-15-28)20-13-16-29(17-21(20)37-24)26(33)36-6-3/h9-12H,4-8,13-17H2,1-3H3,(H,27,31). The monoisotopic (exact) mass is 562 g/mol. The van der Waals surface area contributed by atoms with Crippen LogP contribution in [-0.2, 0) is 27.7 Å². The summed E-state index contributed by atoms with van der Waals surface area (Å²) >= 11 is 1.30. The highest BCUT2D eigenvalue weighted by molar-refractivity contribution is 7.89. The molecule has 206 valence electrons.